The number of aryl methyl sites for hydroxylation is 2. The average Bonchev–Trinajstić information content (AvgIpc) is 2.82. The summed E-state index contributed by atoms with van der Waals surface area (Å²) >= 11 is 12.1. The topological polar surface area (TPSA) is 58.6 Å². The van der Waals surface area contributed by atoms with Crippen LogP contribution in [-0.2, 0) is 4.79 Å². The molecule has 0 atom stereocenters. The molecular weight excluding hydrogens is 447 g/mol. The van der Waals surface area contributed by atoms with Crippen molar-refractivity contribution in [1.29, 1.82) is 0 Å². The van der Waals surface area contributed by atoms with Crippen molar-refractivity contribution in [2.75, 3.05) is 37.7 Å². The zero-order valence-electron chi connectivity index (χ0n) is 18.0. The minimum Gasteiger partial charge on any atom is -0.482 e. The lowest BCUT2D eigenvalue weighted by Crippen LogP contribution is -2.50. The van der Waals surface area contributed by atoms with Gasteiger partial charge in [-0.05, 0) is 55.3 Å². The Labute approximate surface area is 197 Å². The highest BCUT2D eigenvalue weighted by molar-refractivity contribution is 6.42. The fourth-order valence-corrected chi connectivity index (χ4v) is 3.91. The lowest BCUT2D eigenvalue weighted by molar-refractivity contribution is -0.133. The van der Waals surface area contributed by atoms with Crippen LogP contribution >= 0.6 is 23.2 Å². The van der Waals surface area contributed by atoms with E-state index in [9.17, 15) is 4.79 Å². The zero-order chi connectivity index (χ0) is 22.7. The fourth-order valence-electron chi connectivity index (χ4n) is 3.56. The Hall–Kier alpha value is -2.83. The molecule has 0 spiro atoms. The highest BCUT2D eigenvalue weighted by Crippen LogP contribution is 2.31. The van der Waals surface area contributed by atoms with Crippen LogP contribution in [0.15, 0.2) is 48.5 Å². The molecule has 0 bridgehead atoms. The zero-order valence-corrected chi connectivity index (χ0v) is 19.5. The molecular formula is C24H24Cl2N4O2. The molecule has 0 saturated carbocycles. The molecule has 1 aliphatic heterocycles. The highest BCUT2D eigenvalue weighted by Gasteiger charge is 2.23. The van der Waals surface area contributed by atoms with E-state index < -0.39 is 0 Å². The standard InChI is InChI=1S/C24H24Cl2N4O2/c1-16-6-7-18(14-17(16)2)20-8-9-22(28-27-20)29-10-12-30(13-11-29)23(31)15-32-21-5-3-4-19(25)24(21)26/h3-9,14H,10-13,15H2,1-2H3. The molecule has 1 aliphatic rings. The van der Waals surface area contributed by atoms with Gasteiger partial charge in [-0.25, -0.2) is 0 Å². The van der Waals surface area contributed by atoms with E-state index in [1.807, 2.05) is 12.1 Å². The van der Waals surface area contributed by atoms with Crippen LogP contribution in [-0.4, -0.2) is 53.8 Å². The van der Waals surface area contributed by atoms with Gasteiger partial charge in [0.05, 0.1) is 10.7 Å². The number of anilines is 1. The van der Waals surface area contributed by atoms with Gasteiger partial charge in [0, 0.05) is 31.7 Å². The van der Waals surface area contributed by atoms with Gasteiger partial charge >= 0.3 is 0 Å². The third-order valence-corrected chi connectivity index (χ3v) is 6.48. The van der Waals surface area contributed by atoms with E-state index in [1.165, 1.54) is 11.1 Å². The van der Waals surface area contributed by atoms with E-state index in [4.69, 9.17) is 27.9 Å². The smallest absolute Gasteiger partial charge is 0.260 e. The molecule has 0 unspecified atom stereocenters. The second-order valence-electron chi connectivity index (χ2n) is 7.78. The predicted molar refractivity (Wildman–Crippen MR) is 128 cm³/mol. The molecule has 0 N–H and O–H groups in total. The summed E-state index contributed by atoms with van der Waals surface area (Å²) in [6.45, 7) is 6.65. The number of ether oxygens (including phenoxy) is 1. The highest BCUT2D eigenvalue weighted by atomic mass is 35.5. The molecule has 2 heterocycles. The number of carbonyl (C=O) groups excluding carboxylic acids is 1. The summed E-state index contributed by atoms with van der Waals surface area (Å²) in [4.78, 5) is 16.5. The summed E-state index contributed by atoms with van der Waals surface area (Å²) in [5, 5.41) is 9.54. The van der Waals surface area contributed by atoms with Gasteiger partial charge in [0.25, 0.3) is 5.91 Å². The molecule has 8 heteroatoms. The Bertz CT molecular complexity index is 1110. The third-order valence-electron chi connectivity index (χ3n) is 5.68. The number of rotatable bonds is 5. The second kappa shape index (κ2) is 9.76. The van der Waals surface area contributed by atoms with Gasteiger partial charge in [-0.1, -0.05) is 41.4 Å². The van der Waals surface area contributed by atoms with Crippen molar-refractivity contribution >= 4 is 34.9 Å². The van der Waals surface area contributed by atoms with Crippen molar-refractivity contribution in [3.8, 4) is 17.0 Å². The van der Waals surface area contributed by atoms with E-state index >= 15 is 0 Å². The summed E-state index contributed by atoms with van der Waals surface area (Å²) in [5.41, 5.74) is 4.40. The van der Waals surface area contributed by atoms with E-state index in [0.717, 1.165) is 17.1 Å². The van der Waals surface area contributed by atoms with Crippen molar-refractivity contribution in [2.45, 2.75) is 13.8 Å². The van der Waals surface area contributed by atoms with Gasteiger partial charge in [0.15, 0.2) is 12.4 Å². The van der Waals surface area contributed by atoms with Crippen molar-refractivity contribution in [3.63, 3.8) is 0 Å². The number of halogens is 2. The Balaban J connectivity index is 1.31. The number of hydrogen-bond acceptors (Lipinski definition) is 5. The third kappa shape index (κ3) is 4.97. The van der Waals surface area contributed by atoms with Crippen molar-refractivity contribution in [3.05, 3.63) is 69.7 Å². The molecule has 4 rings (SSSR count). The quantitative estimate of drug-likeness (QED) is 0.536. The summed E-state index contributed by atoms with van der Waals surface area (Å²) in [5.74, 6) is 1.13. The lowest BCUT2D eigenvalue weighted by Gasteiger charge is -2.35. The molecule has 0 aliphatic carbocycles. The molecule has 166 valence electrons. The van der Waals surface area contributed by atoms with Crippen LogP contribution in [0.5, 0.6) is 5.75 Å². The molecule has 3 aromatic rings. The van der Waals surface area contributed by atoms with Crippen LogP contribution < -0.4 is 9.64 Å². The van der Waals surface area contributed by atoms with E-state index in [1.54, 1.807) is 23.1 Å². The Morgan fingerprint density at radius 3 is 2.44 bits per heavy atom. The van der Waals surface area contributed by atoms with Crippen LogP contribution in [0.25, 0.3) is 11.3 Å². The maximum absolute atomic E-state index is 12.5. The largest absolute Gasteiger partial charge is 0.482 e. The summed E-state index contributed by atoms with van der Waals surface area (Å²) in [6.07, 6.45) is 0. The van der Waals surface area contributed by atoms with Crippen molar-refractivity contribution in [1.82, 2.24) is 15.1 Å². The van der Waals surface area contributed by atoms with E-state index in [2.05, 4.69) is 47.1 Å². The van der Waals surface area contributed by atoms with Gasteiger partial charge < -0.3 is 14.5 Å². The number of piperazine rings is 1. The Morgan fingerprint density at radius 2 is 1.75 bits per heavy atom. The molecule has 2 aromatic carbocycles. The maximum Gasteiger partial charge on any atom is 0.260 e. The second-order valence-corrected chi connectivity index (χ2v) is 8.57. The summed E-state index contributed by atoms with van der Waals surface area (Å²) < 4.78 is 5.57. The first kappa shape index (κ1) is 22.4. The van der Waals surface area contributed by atoms with E-state index in [-0.39, 0.29) is 12.5 Å². The van der Waals surface area contributed by atoms with Crippen molar-refractivity contribution in [2.24, 2.45) is 0 Å². The predicted octanol–water partition coefficient (Wildman–Crippen LogP) is 4.79. The van der Waals surface area contributed by atoms with Crippen LogP contribution in [0, 0.1) is 13.8 Å². The first-order valence-corrected chi connectivity index (χ1v) is 11.2. The van der Waals surface area contributed by atoms with Gasteiger partial charge in [-0.15, -0.1) is 10.2 Å². The maximum atomic E-state index is 12.5. The first-order chi connectivity index (χ1) is 15.4. The van der Waals surface area contributed by atoms with Crippen LogP contribution in [0.4, 0.5) is 5.82 Å². The Kier molecular flexibility index (Phi) is 6.82. The number of hydrogen-bond donors (Lipinski definition) is 0. The number of amides is 1. The molecule has 32 heavy (non-hydrogen) atoms. The number of nitrogens with zero attached hydrogens (tertiary/aromatic N) is 4. The molecule has 1 aromatic heterocycles. The van der Waals surface area contributed by atoms with Crippen LogP contribution in [0.3, 0.4) is 0 Å². The van der Waals surface area contributed by atoms with E-state index in [0.29, 0.717) is 42.0 Å². The first-order valence-electron chi connectivity index (χ1n) is 10.4. The van der Waals surface area contributed by atoms with Gasteiger partial charge in [-0.3, -0.25) is 4.79 Å². The molecule has 0 radical (unpaired) electrons. The van der Waals surface area contributed by atoms with Crippen LogP contribution in [0.1, 0.15) is 11.1 Å². The summed E-state index contributed by atoms with van der Waals surface area (Å²) in [6, 6.07) is 15.4. The fraction of sp³-hybridized carbons (Fsp3) is 0.292. The average molecular weight is 471 g/mol. The lowest BCUT2D eigenvalue weighted by atomic mass is 10.0. The number of benzene rings is 2. The van der Waals surface area contributed by atoms with Crippen molar-refractivity contribution < 1.29 is 9.53 Å². The number of aromatic nitrogens is 2. The molecule has 1 amide bonds. The Morgan fingerprint density at radius 1 is 0.969 bits per heavy atom. The summed E-state index contributed by atoms with van der Waals surface area (Å²) in [7, 11) is 0. The van der Waals surface area contributed by atoms with Gasteiger partial charge in [0.1, 0.15) is 10.8 Å². The minimum atomic E-state index is -0.0862. The number of carbonyl (C=O) groups is 1. The molecule has 1 saturated heterocycles. The van der Waals surface area contributed by atoms with Crippen LogP contribution in [0.2, 0.25) is 10.0 Å². The van der Waals surface area contributed by atoms with Gasteiger partial charge in [0.2, 0.25) is 0 Å². The molecule has 1 fully saturated rings. The SMILES string of the molecule is Cc1ccc(-c2ccc(N3CCN(C(=O)COc4cccc(Cl)c4Cl)CC3)nn2)cc1C. The van der Waals surface area contributed by atoms with Gasteiger partial charge in [-0.2, -0.15) is 0 Å². The monoisotopic (exact) mass is 470 g/mol. The minimum absolute atomic E-state index is 0.0788. The molecule has 6 nitrogen and oxygen atoms in total. The normalized spacial score (nSPS) is 13.9.